The Bertz CT molecular complexity index is 933. The van der Waals surface area contributed by atoms with Crippen LogP contribution in [-0.4, -0.2) is 31.6 Å². The topological polar surface area (TPSA) is 76.1 Å². The van der Waals surface area contributed by atoms with Crippen LogP contribution in [0.1, 0.15) is 5.69 Å². The summed E-state index contributed by atoms with van der Waals surface area (Å²) in [5.74, 6) is -0.355. The van der Waals surface area contributed by atoms with E-state index in [1.165, 1.54) is 11.3 Å². The molecular weight excluding hydrogens is 376 g/mol. The molecule has 0 aliphatic carbocycles. The standard InChI is InChI=1S/C17H16N2O3S3/c20-16(11-13-12-24-17(19-13)15-7-4-9-23-15)18-8-10-25(21,22)14-5-2-1-3-6-14/h1-7,9,12H,8,10-11H2,(H,18,20). The van der Waals surface area contributed by atoms with E-state index in [0.717, 1.165) is 9.88 Å². The van der Waals surface area contributed by atoms with Crippen LogP contribution in [-0.2, 0) is 21.1 Å². The lowest BCUT2D eigenvalue weighted by Crippen LogP contribution is -2.30. The van der Waals surface area contributed by atoms with Gasteiger partial charge in [0, 0.05) is 11.9 Å². The minimum absolute atomic E-state index is 0.0813. The predicted octanol–water partition coefficient (Wildman–Crippen LogP) is 3.00. The Balaban J connectivity index is 1.50. The Labute approximate surface area is 154 Å². The van der Waals surface area contributed by atoms with Crippen LogP contribution in [0.15, 0.2) is 58.1 Å². The second-order valence-electron chi connectivity index (χ2n) is 5.28. The molecule has 2 aromatic heterocycles. The molecular formula is C17H16N2O3S3. The van der Waals surface area contributed by atoms with Crippen LogP contribution in [0.2, 0.25) is 0 Å². The molecule has 0 bridgehead atoms. The number of nitrogens with zero attached hydrogens (tertiary/aromatic N) is 1. The van der Waals surface area contributed by atoms with Crippen LogP contribution >= 0.6 is 22.7 Å². The Morgan fingerprint density at radius 1 is 1.08 bits per heavy atom. The van der Waals surface area contributed by atoms with Crippen molar-refractivity contribution in [1.29, 1.82) is 0 Å². The van der Waals surface area contributed by atoms with Crippen molar-refractivity contribution in [2.45, 2.75) is 11.3 Å². The molecule has 1 amide bonds. The first-order valence-corrected chi connectivity index (χ1v) is 11.0. The van der Waals surface area contributed by atoms with Gasteiger partial charge in [0.25, 0.3) is 0 Å². The van der Waals surface area contributed by atoms with Gasteiger partial charge >= 0.3 is 0 Å². The Morgan fingerprint density at radius 3 is 2.60 bits per heavy atom. The monoisotopic (exact) mass is 392 g/mol. The predicted molar refractivity (Wildman–Crippen MR) is 101 cm³/mol. The van der Waals surface area contributed by atoms with E-state index in [0.29, 0.717) is 5.69 Å². The second kappa shape index (κ2) is 7.90. The highest BCUT2D eigenvalue weighted by atomic mass is 32.2. The molecule has 0 spiro atoms. The molecule has 8 heteroatoms. The molecule has 2 heterocycles. The Morgan fingerprint density at radius 2 is 1.88 bits per heavy atom. The van der Waals surface area contributed by atoms with Crippen LogP contribution in [0.5, 0.6) is 0 Å². The van der Waals surface area contributed by atoms with E-state index in [1.54, 1.807) is 41.7 Å². The number of hydrogen-bond acceptors (Lipinski definition) is 6. The van der Waals surface area contributed by atoms with Crippen LogP contribution < -0.4 is 5.32 Å². The first-order valence-electron chi connectivity index (χ1n) is 7.57. The van der Waals surface area contributed by atoms with Gasteiger partial charge in [-0.1, -0.05) is 24.3 Å². The highest BCUT2D eigenvalue weighted by molar-refractivity contribution is 7.91. The van der Waals surface area contributed by atoms with Crippen molar-refractivity contribution in [2.24, 2.45) is 0 Å². The third kappa shape index (κ3) is 4.75. The number of hydrogen-bond donors (Lipinski definition) is 1. The highest BCUT2D eigenvalue weighted by Gasteiger charge is 2.15. The van der Waals surface area contributed by atoms with Gasteiger partial charge in [-0.15, -0.1) is 22.7 Å². The number of rotatable bonds is 7. The van der Waals surface area contributed by atoms with E-state index < -0.39 is 9.84 Å². The molecule has 0 atom stereocenters. The number of sulfone groups is 1. The molecule has 3 aromatic rings. The van der Waals surface area contributed by atoms with Gasteiger partial charge in [-0.2, -0.15) is 0 Å². The summed E-state index contributed by atoms with van der Waals surface area (Å²) in [5.41, 5.74) is 0.691. The van der Waals surface area contributed by atoms with Crippen molar-refractivity contribution in [1.82, 2.24) is 10.3 Å². The van der Waals surface area contributed by atoms with Gasteiger partial charge in [-0.05, 0) is 23.6 Å². The van der Waals surface area contributed by atoms with Crippen LogP contribution in [0.3, 0.4) is 0 Å². The zero-order chi connectivity index (χ0) is 17.7. The molecule has 3 rings (SSSR count). The normalized spacial score (nSPS) is 11.4. The maximum Gasteiger partial charge on any atom is 0.226 e. The fourth-order valence-electron chi connectivity index (χ4n) is 2.20. The molecule has 130 valence electrons. The molecule has 0 saturated heterocycles. The van der Waals surface area contributed by atoms with Gasteiger partial charge in [-0.3, -0.25) is 4.79 Å². The van der Waals surface area contributed by atoms with Crippen molar-refractivity contribution < 1.29 is 13.2 Å². The molecule has 5 nitrogen and oxygen atoms in total. The summed E-state index contributed by atoms with van der Waals surface area (Å²) >= 11 is 3.10. The lowest BCUT2D eigenvalue weighted by atomic mass is 10.3. The van der Waals surface area contributed by atoms with Crippen LogP contribution in [0.4, 0.5) is 0 Å². The van der Waals surface area contributed by atoms with Crippen molar-refractivity contribution in [2.75, 3.05) is 12.3 Å². The maximum absolute atomic E-state index is 12.1. The van der Waals surface area contributed by atoms with Crippen molar-refractivity contribution in [3.05, 3.63) is 58.9 Å². The van der Waals surface area contributed by atoms with E-state index in [9.17, 15) is 13.2 Å². The van der Waals surface area contributed by atoms with Gasteiger partial charge in [0.2, 0.25) is 5.91 Å². The number of amides is 1. The number of thiazole rings is 1. The van der Waals surface area contributed by atoms with E-state index >= 15 is 0 Å². The summed E-state index contributed by atoms with van der Waals surface area (Å²) in [5, 5.41) is 7.38. The zero-order valence-electron chi connectivity index (χ0n) is 13.2. The lowest BCUT2D eigenvalue weighted by Gasteiger charge is -2.06. The quantitative estimate of drug-likeness (QED) is 0.671. The fourth-order valence-corrected chi connectivity index (χ4v) is 5.01. The number of aromatic nitrogens is 1. The number of benzene rings is 1. The van der Waals surface area contributed by atoms with Crippen molar-refractivity contribution >= 4 is 38.4 Å². The van der Waals surface area contributed by atoms with Gasteiger partial charge in [0.1, 0.15) is 5.01 Å². The van der Waals surface area contributed by atoms with Crippen molar-refractivity contribution in [3.8, 4) is 9.88 Å². The number of carbonyl (C=O) groups excluding carboxylic acids is 1. The summed E-state index contributed by atoms with van der Waals surface area (Å²) < 4.78 is 24.3. The molecule has 1 N–H and O–H groups in total. The minimum atomic E-state index is -3.38. The SMILES string of the molecule is O=C(Cc1csc(-c2cccs2)n1)NCCS(=O)(=O)c1ccccc1. The Hall–Kier alpha value is -2.03. The highest BCUT2D eigenvalue weighted by Crippen LogP contribution is 2.27. The summed E-state index contributed by atoms with van der Waals surface area (Å²) in [6.07, 6.45) is 0.146. The third-order valence-corrected chi connectivity index (χ3v) is 7.08. The average molecular weight is 393 g/mol. The van der Waals surface area contributed by atoms with Crippen LogP contribution in [0, 0.1) is 0 Å². The molecule has 0 aliphatic heterocycles. The molecule has 0 saturated carbocycles. The maximum atomic E-state index is 12.1. The molecule has 1 aromatic carbocycles. The zero-order valence-corrected chi connectivity index (χ0v) is 15.7. The van der Waals surface area contributed by atoms with Crippen molar-refractivity contribution in [3.63, 3.8) is 0 Å². The van der Waals surface area contributed by atoms with Crippen LogP contribution in [0.25, 0.3) is 9.88 Å². The molecule has 0 unspecified atom stereocenters. The largest absolute Gasteiger partial charge is 0.355 e. The van der Waals surface area contributed by atoms with E-state index in [-0.39, 0.29) is 29.5 Å². The number of thiophene rings is 1. The number of carbonyl (C=O) groups is 1. The smallest absolute Gasteiger partial charge is 0.226 e. The molecule has 25 heavy (non-hydrogen) atoms. The first-order chi connectivity index (χ1) is 12.0. The average Bonchev–Trinajstić information content (AvgIpc) is 3.27. The Kier molecular flexibility index (Phi) is 5.62. The number of nitrogens with one attached hydrogen (secondary N) is 1. The van der Waals surface area contributed by atoms with E-state index in [1.807, 2.05) is 22.9 Å². The minimum Gasteiger partial charge on any atom is -0.355 e. The van der Waals surface area contributed by atoms with Gasteiger partial charge in [-0.25, -0.2) is 13.4 Å². The molecule has 0 aliphatic rings. The van der Waals surface area contributed by atoms with E-state index in [4.69, 9.17) is 0 Å². The second-order valence-corrected chi connectivity index (χ2v) is 9.19. The summed E-state index contributed by atoms with van der Waals surface area (Å²) in [6.45, 7) is 0.0813. The fraction of sp³-hybridized carbons (Fsp3) is 0.176. The molecule has 0 fully saturated rings. The molecule has 0 radical (unpaired) electrons. The van der Waals surface area contributed by atoms with Gasteiger partial charge in [0.15, 0.2) is 9.84 Å². The van der Waals surface area contributed by atoms with Gasteiger partial charge < -0.3 is 5.32 Å². The summed E-state index contributed by atoms with van der Waals surface area (Å²) in [7, 11) is -3.38. The first kappa shape index (κ1) is 17.8. The third-order valence-electron chi connectivity index (χ3n) is 3.42. The van der Waals surface area contributed by atoms with E-state index in [2.05, 4.69) is 10.3 Å². The lowest BCUT2D eigenvalue weighted by molar-refractivity contribution is -0.120. The summed E-state index contributed by atoms with van der Waals surface area (Å²) in [4.78, 5) is 17.8. The van der Waals surface area contributed by atoms with Gasteiger partial charge in [0.05, 0.1) is 27.6 Å². The summed E-state index contributed by atoms with van der Waals surface area (Å²) in [6, 6.07) is 12.2.